The monoisotopic (exact) mass is 329 g/mol. The number of hydrogen-bond acceptors (Lipinski definition) is 3. The molecule has 5 nitrogen and oxygen atoms in total. The number of phenolic OH excluding ortho intramolecular Hbond substituents is 1. The predicted octanol–water partition coefficient (Wildman–Crippen LogP) is 2.48. The van der Waals surface area contributed by atoms with Crippen molar-refractivity contribution in [1.82, 2.24) is 4.90 Å². The normalized spacial score (nSPS) is 10.5. The molecule has 2 N–H and O–H groups in total. The number of amides is 1. The van der Waals surface area contributed by atoms with Gasteiger partial charge in [0.15, 0.2) is 0 Å². The molecule has 6 heteroatoms. The quantitative estimate of drug-likeness (QED) is 0.869. The largest absolute Gasteiger partial charge is 0.507 e. The van der Waals surface area contributed by atoms with Crippen molar-refractivity contribution in [2.24, 2.45) is 0 Å². The smallest absolute Gasteiger partial charge is 0.305 e. The zero-order valence-corrected chi connectivity index (χ0v) is 12.3. The fourth-order valence-corrected chi connectivity index (χ4v) is 1.87. The van der Waals surface area contributed by atoms with E-state index in [4.69, 9.17) is 5.11 Å². The Hall–Kier alpha value is -1.56. The number of phenols is 1. The lowest BCUT2D eigenvalue weighted by Gasteiger charge is -2.26. The Balaban J connectivity index is 2.92. The predicted molar refractivity (Wildman–Crippen MR) is 74.2 cm³/mol. The summed E-state index contributed by atoms with van der Waals surface area (Å²) in [6, 6.07) is 4.42. The standard InChI is InChI=1S/C13H16BrNO4/c1-8(2)15(6-5-12(17)18)13(19)9-3-4-10(14)11(16)7-9/h3-4,7-8,16H,5-6H2,1-2H3,(H,17,18). The maximum Gasteiger partial charge on any atom is 0.305 e. The van der Waals surface area contributed by atoms with E-state index in [1.165, 1.54) is 11.0 Å². The van der Waals surface area contributed by atoms with Gasteiger partial charge in [-0.15, -0.1) is 0 Å². The molecular weight excluding hydrogens is 314 g/mol. The number of carboxylic acids is 1. The van der Waals surface area contributed by atoms with Crippen LogP contribution in [-0.2, 0) is 4.79 Å². The van der Waals surface area contributed by atoms with Crippen molar-refractivity contribution in [3.05, 3.63) is 28.2 Å². The molecule has 0 unspecified atom stereocenters. The third-order valence-electron chi connectivity index (χ3n) is 2.64. The number of hydrogen-bond donors (Lipinski definition) is 2. The fraction of sp³-hybridized carbons (Fsp3) is 0.385. The van der Waals surface area contributed by atoms with E-state index >= 15 is 0 Å². The average Bonchev–Trinajstić information content (AvgIpc) is 2.31. The van der Waals surface area contributed by atoms with Crippen molar-refractivity contribution in [2.45, 2.75) is 26.3 Å². The molecule has 0 saturated carbocycles. The van der Waals surface area contributed by atoms with Crippen molar-refractivity contribution >= 4 is 27.8 Å². The number of benzene rings is 1. The fourth-order valence-electron chi connectivity index (χ4n) is 1.62. The Morgan fingerprint density at radius 1 is 1.37 bits per heavy atom. The molecule has 0 heterocycles. The summed E-state index contributed by atoms with van der Waals surface area (Å²) in [4.78, 5) is 24.3. The third-order valence-corrected chi connectivity index (χ3v) is 3.31. The van der Waals surface area contributed by atoms with Crippen molar-refractivity contribution in [3.8, 4) is 5.75 Å². The summed E-state index contributed by atoms with van der Waals surface area (Å²) < 4.78 is 0.505. The van der Waals surface area contributed by atoms with E-state index in [1.54, 1.807) is 12.1 Å². The molecule has 104 valence electrons. The lowest BCUT2D eigenvalue weighted by molar-refractivity contribution is -0.137. The Bertz CT molecular complexity index is 488. The van der Waals surface area contributed by atoms with Crippen molar-refractivity contribution in [3.63, 3.8) is 0 Å². The highest BCUT2D eigenvalue weighted by Crippen LogP contribution is 2.25. The Morgan fingerprint density at radius 3 is 2.47 bits per heavy atom. The van der Waals surface area contributed by atoms with Crippen LogP contribution < -0.4 is 0 Å². The Kier molecular flexibility index (Phi) is 5.35. The molecule has 1 aromatic rings. The zero-order valence-electron chi connectivity index (χ0n) is 10.8. The molecule has 0 aliphatic heterocycles. The summed E-state index contributed by atoms with van der Waals surface area (Å²) in [5.41, 5.74) is 0.333. The van der Waals surface area contributed by atoms with Crippen LogP contribution in [0.15, 0.2) is 22.7 Å². The summed E-state index contributed by atoms with van der Waals surface area (Å²) in [6.07, 6.45) is -0.105. The molecule has 0 fully saturated rings. The summed E-state index contributed by atoms with van der Waals surface area (Å²) in [6.45, 7) is 3.78. The highest BCUT2D eigenvalue weighted by molar-refractivity contribution is 9.10. The van der Waals surface area contributed by atoms with Gasteiger partial charge >= 0.3 is 5.97 Å². The molecule has 0 saturated heterocycles. The first-order valence-electron chi connectivity index (χ1n) is 5.84. The van der Waals surface area contributed by atoms with E-state index in [2.05, 4.69) is 15.9 Å². The number of aromatic hydroxyl groups is 1. The van der Waals surface area contributed by atoms with E-state index in [9.17, 15) is 14.7 Å². The van der Waals surface area contributed by atoms with Crippen LogP contribution in [0.1, 0.15) is 30.6 Å². The summed E-state index contributed by atoms with van der Waals surface area (Å²) >= 11 is 3.14. The van der Waals surface area contributed by atoms with Gasteiger partial charge in [-0.05, 0) is 48.0 Å². The number of rotatable bonds is 5. The van der Waals surface area contributed by atoms with Gasteiger partial charge in [0.2, 0.25) is 0 Å². The average molecular weight is 330 g/mol. The van der Waals surface area contributed by atoms with Crippen molar-refractivity contribution in [1.29, 1.82) is 0 Å². The summed E-state index contributed by atoms with van der Waals surface area (Å²) in [5, 5.41) is 18.3. The molecule has 0 atom stereocenters. The maximum atomic E-state index is 12.3. The van der Waals surface area contributed by atoms with E-state index in [1.807, 2.05) is 13.8 Å². The minimum absolute atomic E-state index is 0.0206. The maximum absolute atomic E-state index is 12.3. The topological polar surface area (TPSA) is 77.8 Å². The highest BCUT2D eigenvalue weighted by atomic mass is 79.9. The summed E-state index contributed by atoms with van der Waals surface area (Å²) in [7, 11) is 0. The number of carboxylic acid groups (broad SMARTS) is 1. The van der Waals surface area contributed by atoms with Crippen molar-refractivity contribution in [2.75, 3.05) is 6.54 Å². The lowest BCUT2D eigenvalue weighted by Crippen LogP contribution is -2.38. The minimum Gasteiger partial charge on any atom is -0.507 e. The molecular formula is C13H16BrNO4. The molecule has 0 aromatic heterocycles. The van der Waals surface area contributed by atoms with Gasteiger partial charge in [0.05, 0.1) is 10.9 Å². The molecule has 0 radical (unpaired) electrons. The van der Waals surface area contributed by atoms with Crippen LogP contribution in [0.3, 0.4) is 0 Å². The van der Waals surface area contributed by atoms with E-state index < -0.39 is 5.97 Å². The Labute approximate surface area is 120 Å². The Morgan fingerprint density at radius 2 is 2.00 bits per heavy atom. The van der Waals surface area contributed by atoms with E-state index in [0.717, 1.165) is 0 Å². The van der Waals surface area contributed by atoms with Crippen LogP contribution in [-0.4, -0.2) is 39.6 Å². The molecule has 0 bridgehead atoms. The van der Waals surface area contributed by atoms with Gasteiger partial charge in [-0.25, -0.2) is 0 Å². The van der Waals surface area contributed by atoms with E-state index in [0.29, 0.717) is 10.0 Å². The number of carbonyl (C=O) groups is 2. The SMILES string of the molecule is CC(C)N(CCC(=O)O)C(=O)c1ccc(Br)c(O)c1. The second-order valence-corrected chi connectivity index (χ2v) is 5.26. The van der Waals surface area contributed by atoms with Gasteiger partial charge in [0.1, 0.15) is 5.75 Å². The van der Waals surface area contributed by atoms with Gasteiger partial charge < -0.3 is 15.1 Å². The molecule has 1 aromatic carbocycles. The van der Waals surface area contributed by atoms with Crippen LogP contribution in [0.5, 0.6) is 5.75 Å². The molecule has 1 rings (SSSR count). The van der Waals surface area contributed by atoms with Gasteiger partial charge in [0.25, 0.3) is 5.91 Å². The van der Waals surface area contributed by atoms with Gasteiger partial charge in [-0.3, -0.25) is 9.59 Å². The van der Waals surface area contributed by atoms with Gasteiger partial charge in [0, 0.05) is 18.2 Å². The lowest BCUT2D eigenvalue weighted by atomic mass is 10.1. The number of carbonyl (C=O) groups excluding carboxylic acids is 1. The van der Waals surface area contributed by atoms with Gasteiger partial charge in [-0.1, -0.05) is 0 Å². The molecule has 0 aliphatic carbocycles. The first-order chi connectivity index (χ1) is 8.82. The van der Waals surface area contributed by atoms with Crippen LogP contribution >= 0.6 is 15.9 Å². The molecule has 0 aliphatic rings. The van der Waals surface area contributed by atoms with E-state index in [-0.39, 0.29) is 30.7 Å². The summed E-state index contributed by atoms with van der Waals surface area (Å²) in [5.74, 6) is -1.26. The molecule has 0 spiro atoms. The van der Waals surface area contributed by atoms with Crippen LogP contribution in [0, 0.1) is 0 Å². The first kappa shape index (κ1) is 15.5. The number of nitrogens with zero attached hydrogens (tertiary/aromatic N) is 1. The molecule has 1 amide bonds. The number of halogens is 1. The van der Waals surface area contributed by atoms with Gasteiger partial charge in [-0.2, -0.15) is 0 Å². The zero-order chi connectivity index (χ0) is 14.6. The first-order valence-corrected chi connectivity index (χ1v) is 6.63. The minimum atomic E-state index is -0.947. The third kappa shape index (κ3) is 4.24. The number of aliphatic carboxylic acids is 1. The second kappa shape index (κ2) is 6.56. The van der Waals surface area contributed by atoms with Crippen LogP contribution in [0.2, 0.25) is 0 Å². The second-order valence-electron chi connectivity index (χ2n) is 4.40. The van der Waals surface area contributed by atoms with Crippen molar-refractivity contribution < 1.29 is 19.8 Å². The van der Waals surface area contributed by atoms with Crippen LogP contribution in [0.25, 0.3) is 0 Å². The highest BCUT2D eigenvalue weighted by Gasteiger charge is 2.20. The molecule has 19 heavy (non-hydrogen) atoms. The van der Waals surface area contributed by atoms with Crippen LogP contribution in [0.4, 0.5) is 0 Å².